The molecular formula is C21H23N5O2. The third-order valence-electron chi connectivity index (χ3n) is 4.78. The number of rotatable bonds is 6. The van der Waals surface area contributed by atoms with Gasteiger partial charge in [0, 0.05) is 49.8 Å². The first-order chi connectivity index (χ1) is 13.8. The van der Waals surface area contributed by atoms with Gasteiger partial charge in [0.25, 0.3) is 0 Å². The molecule has 0 saturated carbocycles. The van der Waals surface area contributed by atoms with Gasteiger partial charge in [-0.3, -0.25) is 19.6 Å². The molecule has 1 aliphatic heterocycles. The van der Waals surface area contributed by atoms with Gasteiger partial charge in [0.2, 0.25) is 11.8 Å². The van der Waals surface area contributed by atoms with Gasteiger partial charge < -0.3 is 9.73 Å². The highest BCUT2D eigenvalue weighted by molar-refractivity contribution is 5.92. The van der Waals surface area contributed by atoms with Crippen LogP contribution in [-0.4, -0.2) is 58.4 Å². The maximum atomic E-state index is 12.2. The maximum Gasteiger partial charge on any atom is 0.238 e. The van der Waals surface area contributed by atoms with Gasteiger partial charge in [-0.2, -0.15) is 0 Å². The second kappa shape index (κ2) is 8.77. The van der Waals surface area contributed by atoms with Crippen molar-refractivity contribution in [3.63, 3.8) is 0 Å². The summed E-state index contributed by atoms with van der Waals surface area (Å²) in [6.45, 7) is 4.53. The number of nitrogens with one attached hydrogen (secondary N) is 1. The van der Waals surface area contributed by atoms with Gasteiger partial charge in [0.1, 0.15) is 12.0 Å². The van der Waals surface area contributed by atoms with Crippen molar-refractivity contribution in [3.05, 3.63) is 67.0 Å². The van der Waals surface area contributed by atoms with Crippen LogP contribution in [0.15, 0.2) is 65.5 Å². The van der Waals surface area contributed by atoms with Crippen LogP contribution in [0.4, 0.5) is 5.69 Å². The number of pyridine rings is 1. The smallest absolute Gasteiger partial charge is 0.238 e. The molecule has 1 amide bonds. The summed E-state index contributed by atoms with van der Waals surface area (Å²) in [7, 11) is 0. The molecule has 0 radical (unpaired) electrons. The summed E-state index contributed by atoms with van der Waals surface area (Å²) in [6.07, 6.45) is 5.05. The number of benzene rings is 1. The van der Waals surface area contributed by atoms with Crippen LogP contribution in [0.25, 0.3) is 11.3 Å². The van der Waals surface area contributed by atoms with E-state index in [2.05, 4.69) is 25.1 Å². The van der Waals surface area contributed by atoms with Crippen LogP contribution in [0.1, 0.15) is 5.89 Å². The first kappa shape index (κ1) is 18.3. The largest absolute Gasteiger partial charge is 0.447 e. The molecule has 1 N–H and O–H groups in total. The van der Waals surface area contributed by atoms with Crippen molar-refractivity contribution < 1.29 is 9.21 Å². The standard InChI is InChI=1S/C21H23N5O2/c27-20(23-18-6-8-22-9-7-18)14-25-10-12-26(13-11-25)15-21-24-19(16-28-21)17-4-2-1-3-5-17/h1-9,16H,10-15H2,(H,22,23,27). The summed E-state index contributed by atoms with van der Waals surface area (Å²) in [5.41, 5.74) is 2.70. The molecule has 1 aliphatic rings. The number of piperazine rings is 1. The molecule has 3 aromatic rings. The Labute approximate surface area is 164 Å². The van der Waals surface area contributed by atoms with E-state index in [-0.39, 0.29) is 5.91 Å². The SMILES string of the molecule is O=C(CN1CCN(Cc2nc(-c3ccccc3)co2)CC1)Nc1ccncc1. The number of hydrogen-bond donors (Lipinski definition) is 1. The number of aromatic nitrogens is 2. The second-order valence-electron chi connectivity index (χ2n) is 6.83. The van der Waals surface area contributed by atoms with Crippen LogP contribution in [0.3, 0.4) is 0 Å². The molecule has 28 heavy (non-hydrogen) atoms. The van der Waals surface area contributed by atoms with Crippen LogP contribution in [0.2, 0.25) is 0 Å². The van der Waals surface area contributed by atoms with Gasteiger partial charge in [-0.1, -0.05) is 30.3 Å². The van der Waals surface area contributed by atoms with E-state index in [1.807, 2.05) is 30.3 Å². The lowest BCUT2D eigenvalue weighted by Gasteiger charge is -2.33. The molecule has 1 aromatic carbocycles. The molecule has 3 heterocycles. The third-order valence-corrected chi connectivity index (χ3v) is 4.78. The molecule has 0 atom stereocenters. The molecule has 0 bridgehead atoms. The van der Waals surface area contributed by atoms with E-state index in [1.165, 1.54) is 0 Å². The predicted molar refractivity (Wildman–Crippen MR) is 107 cm³/mol. The molecule has 144 valence electrons. The number of hydrogen-bond acceptors (Lipinski definition) is 6. The van der Waals surface area contributed by atoms with Crippen molar-refractivity contribution in [1.82, 2.24) is 19.8 Å². The first-order valence-corrected chi connectivity index (χ1v) is 9.41. The average Bonchev–Trinajstić information content (AvgIpc) is 3.19. The minimum atomic E-state index is -0.000135. The second-order valence-corrected chi connectivity index (χ2v) is 6.83. The van der Waals surface area contributed by atoms with Gasteiger partial charge >= 0.3 is 0 Å². The predicted octanol–water partition coefficient (Wildman–Crippen LogP) is 2.49. The Bertz CT molecular complexity index is 889. The Morgan fingerprint density at radius 1 is 1.00 bits per heavy atom. The van der Waals surface area contributed by atoms with Gasteiger partial charge in [0.15, 0.2) is 0 Å². The zero-order valence-electron chi connectivity index (χ0n) is 15.6. The average molecular weight is 377 g/mol. The molecule has 7 nitrogen and oxygen atoms in total. The van der Waals surface area contributed by atoms with Crippen LogP contribution in [0, 0.1) is 0 Å². The number of carbonyl (C=O) groups is 1. The molecule has 7 heteroatoms. The Kier molecular flexibility index (Phi) is 5.75. The van der Waals surface area contributed by atoms with E-state index < -0.39 is 0 Å². The van der Waals surface area contributed by atoms with E-state index in [9.17, 15) is 4.79 Å². The van der Waals surface area contributed by atoms with Gasteiger partial charge in [0.05, 0.1) is 13.1 Å². The van der Waals surface area contributed by atoms with E-state index in [4.69, 9.17) is 4.42 Å². The van der Waals surface area contributed by atoms with Gasteiger partial charge in [-0.05, 0) is 12.1 Å². The Hall–Kier alpha value is -3.03. The van der Waals surface area contributed by atoms with Crippen LogP contribution in [0.5, 0.6) is 0 Å². The maximum absolute atomic E-state index is 12.2. The van der Waals surface area contributed by atoms with Gasteiger partial charge in [-0.25, -0.2) is 4.98 Å². The number of amides is 1. The third kappa shape index (κ3) is 4.82. The Morgan fingerprint density at radius 3 is 2.46 bits per heavy atom. The summed E-state index contributed by atoms with van der Waals surface area (Å²) in [6, 6.07) is 13.6. The topological polar surface area (TPSA) is 74.5 Å². The Morgan fingerprint density at radius 2 is 1.71 bits per heavy atom. The lowest BCUT2D eigenvalue weighted by Crippen LogP contribution is -2.48. The minimum absolute atomic E-state index is 0.000135. The molecular weight excluding hydrogens is 354 g/mol. The van der Waals surface area contributed by atoms with Crippen LogP contribution in [-0.2, 0) is 11.3 Å². The summed E-state index contributed by atoms with van der Waals surface area (Å²) >= 11 is 0. The zero-order valence-corrected chi connectivity index (χ0v) is 15.6. The van der Waals surface area contributed by atoms with E-state index >= 15 is 0 Å². The van der Waals surface area contributed by atoms with Gasteiger partial charge in [-0.15, -0.1) is 0 Å². The Balaban J connectivity index is 1.23. The summed E-state index contributed by atoms with van der Waals surface area (Å²) in [5, 5.41) is 2.90. The summed E-state index contributed by atoms with van der Waals surface area (Å²) in [4.78, 5) is 25.2. The molecule has 0 aliphatic carbocycles. The van der Waals surface area contributed by atoms with Crippen molar-refractivity contribution in [2.45, 2.75) is 6.54 Å². The van der Waals surface area contributed by atoms with Crippen molar-refractivity contribution in [3.8, 4) is 11.3 Å². The monoisotopic (exact) mass is 377 g/mol. The highest BCUT2D eigenvalue weighted by Gasteiger charge is 2.20. The molecule has 0 spiro atoms. The first-order valence-electron chi connectivity index (χ1n) is 9.41. The van der Waals surface area contributed by atoms with Crippen LogP contribution >= 0.6 is 0 Å². The van der Waals surface area contributed by atoms with Crippen LogP contribution < -0.4 is 5.32 Å². The molecule has 1 saturated heterocycles. The highest BCUT2D eigenvalue weighted by atomic mass is 16.3. The molecule has 0 unspecified atom stereocenters. The zero-order chi connectivity index (χ0) is 19.2. The fourth-order valence-electron chi connectivity index (χ4n) is 3.26. The normalized spacial score (nSPS) is 15.4. The number of nitrogens with zero attached hydrogens (tertiary/aromatic N) is 4. The lowest BCUT2D eigenvalue weighted by atomic mass is 10.2. The minimum Gasteiger partial charge on any atom is -0.447 e. The molecule has 1 fully saturated rings. The van der Waals surface area contributed by atoms with Crippen molar-refractivity contribution >= 4 is 11.6 Å². The van der Waals surface area contributed by atoms with Crippen molar-refractivity contribution in [2.75, 3.05) is 38.0 Å². The number of oxazole rings is 1. The molecule has 2 aromatic heterocycles. The fourth-order valence-corrected chi connectivity index (χ4v) is 3.26. The summed E-state index contributed by atoms with van der Waals surface area (Å²) < 4.78 is 5.64. The highest BCUT2D eigenvalue weighted by Crippen LogP contribution is 2.19. The van der Waals surface area contributed by atoms with Crippen molar-refractivity contribution in [2.24, 2.45) is 0 Å². The number of anilines is 1. The quantitative estimate of drug-likeness (QED) is 0.711. The summed E-state index contributed by atoms with van der Waals surface area (Å²) in [5.74, 6) is 0.725. The van der Waals surface area contributed by atoms with E-state index in [0.717, 1.165) is 49.0 Å². The molecule has 4 rings (SSSR count). The van der Waals surface area contributed by atoms with E-state index in [0.29, 0.717) is 13.1 Å². The van der Waals surface area contributed by atoms with E-state index in [1.54, 1.807) is 30.8 Å². The van der Waals surface area contributed by atoms with Crippen molar-refractivity contribution in [1.29, 1.82) is 0 Å². The number of carbonyl (C=O) groups excluding carboxylic acids is 1. The fraction of sp³-hybridized carbons (Fsp3) is 0.286. The lowest BCUT2D eigenvalue weighted by molar-refractivity contribution is -0.117.